The maximum Gasteiger partial charge on any atom is 0.257 e. The standard InChI is InChI=1S/C19H29N3O4/c1-14-12-17(15(2)26-14)19(24)22-6-3-4-16(13-22)18(23)20-5-7-21-8-10-25-11-9-21/h12,16H,3-11,13H2,1-2H3,(H,20,23). The molecule has 2 fully saturated rings. The SMILES string of the molecule is Cc1cc(C(=O)N2CCCC(C(=O)NCCN3CCOCC3)C2)c(C)o1. The molecule has 0 radical (unpaired) electrons. The van der Waals surface area contributed by atoms with Crippen LogP contribution < -0.4 is 5.32 Å². The monoisotopic (exact) mass is 363 g/mol. The smallest absolute Gasteiger partial charge is 0.257 e. The van der Waals surface area contributed by atoms with E-state index in [-0.39, 0.29) is 17.7 Å². The lowest BCUT2D eigenvalue weighted by atomic mass is 9.96. The van der Waals surface area contributed by atoms with Crippen molar-refractivity contribution in [1.29, 1.82) is 0 Å². The van der Waals surface area contributed by atoms with E-state index in [9.17, 15) is 9.59 Å². The molecule has 1 unspecified atom stereocenters. The largest absolute Gasteiger partial charge is 0.466 e. The van der Waals surface area contributed by atoms with E-state index in [1.165, 1.54) is 0 Å². The zero-order chi connectivity index (χ0) is 18.5. The average Bonchev–Trinajstić information content (AvgIpc) is 3.00. The molecule has 1 aromatic heterocycles. The van der Waals surface area contributed by atoms with Crippen LogP contribution in [0.2, 0.25) is 0 Å². The fourth-order valence-electron chi connectivity index (χ4n) is 3.70. The van der Waals surface area contributed by atoms with Gasteiger partial charge >= 0.3 is 0 Å². The Labute approximate surface area is 154 Å². The summed E-state index contributed by atoms with van der Waals surface area (Å²) in [6.45, 7) is 9.68. The normalized spacial score (nSPS) is 21.6. The lowest BCUT2D eigenvalue weighted by Gasteiger charge is -2.32. The summed E-state index contributed by atoms with van der Waals surface area (Å²) in [7, 11) is 0. The first kappa shape index (κ1) is 18.9. The number of carbonyl (C=O) groups excluding carboxylic acids is 2. The summed E-state index contributed by atoms with van der Waals surface area (Å²) in [4.78, 5) is 29.3. The van der Waals surface area contributed by atoms with Gasteiger partial charge in [-0.25, -0.2) is 0 Å². The Balaban J connectivity index is 1.48. The number of hydrogen-bond donors (Lipinski definition) is 1. The van der Waals surface area contributed by atoms with E-state index < -0.39 is 0 Å². The van der Waals surface area contributed by atoms with E-state index in [1.807, 2.05) is 6.92 Å². The third-order valence-electron chi connectivity index (χ3n) is 5.18. The van der Waals surface area contributed by atoms with Gasteiger partial charge in [-0.2, -0.15) is 0 Å². The summed E-state index contributed by atoms with van der Waals surface area (Å²) in [5.41, 5.74) is 0.607. The number of rotatable bonds is 5. The van der Waals surface area contributed by atoms with Crippen LogP contribution in [0.3, 0.4) is 0 Å². The van der Waals surface area contributed by atoms with Crippen LogP contribution in [-0.2, 0) is 9.53 Å². The van der Waals surface area contributed by atoms with Crippen LogP contribution in [0, 0.1) is 19.8 Å². The van der Waals surface area contributed by atoms with Crippen molar-refractivity contribution in [3.05, 3.63) is 23.2 Å². The molecule has 2 amide bonds. The van der Waals surface area contributed by atoms with Crippen LogP contribution in [0.5, 0.6) is 0 Å². The fourth-order valence-corrected chi connectivity index (χ4v) is 3.70. The molecular formula is C19H29N3O4. The second-order valence-corrected chi connectivity index (χ2v) is 7.16. The third-order valence-corrected chi connectivity index (χ3v) is 5.18. The maximum absolute atomic E-state index is 12.7. The van der Waals surface area contributed by atoms with Crippen molar-refractivity contribution in [2.24, 2.45) is 5.92 Å². The molecule has 0 aliphatic carbocycles. The van der Waals surface area contributed by atoms with Crippen molar-refractivity contribution in [3.8, 4) is 0 Å². The Morgan fingerprint density at radius 1 is 1.23 bits per heavy atom. The van der Waals surface area contributed by atoms with Gasteiger partial charge < -0.3 is 19.4 Å². The number of hydrogen-bond acceptors (Lipinski definition) is 5. The molecular weight excluding hydrogens is 334 g/mol. The van der Waals surface area contributed by atoms with Gasteiger partial charge in [-0.15, -0.1) is 0 Å². The molecule has 1 aromatic rings. The van der Waals surface area contributed by atoms with Crippen molar-refractivity contribution in [2.45, 2.75) is 26.7 Å². The number of amides is 2. The summed E-state index contributed by atoms with van der Waals surface area (Å²) in [6.07, 6.45) is 1.68. The molecule has 0 saturated carbocycles. The Bertz CT molecular complexity index is 637. The number of morpholine rings is 1. The highest BCUT2D eigenvalue weighted by atomic mass is 16.5. The first-order valence-corrected chi connectivity index (χ1v) is 9.48. The van der Waals surface area contributed by atoms with Crippen LogP contribution in [0.1, 0.15) is 34.7 Å². The fraction of sp³-hybridized carbons (Fsp3) is 0.684. The summed E-state index contributed by atoms with van der Waals surface area (Å²) in [5.74, 6) is 1.26. The molecule has 26 heavy (non-hydrogen) atoms. The molecule has 0 spiro atoms. The van der Waals surface area contributed by atoms with E-state index in [4.69, 9.17) is 9.15 Å². The lowest BCUT2D eigenvalue weighted by Crippen LogP contribution is -2.47. The molecule has 2 aliphatic rings. The molecule has 0 bridgehead atoms. The van der Waals surface area contributed by atoms with E-state index in [2.05, 4.69) is 10.2 Å². The van der Waals surface area contributed by atoms with Crippen LogP contribution in [0.4, 0.5) is 0 Å². The molecule has 7 nitrogen and oxygen atoms in total. The van der Waals surface area contributed by atoms with E-state index in [0.717, 1.165) is 51.4 Å². The highest BCUT2D eigenvalue weighted by Gasteiger charge is 2.30. The first-order valence-electron chi connectivity index (χ1n) is 9.48. The van der Waals surface area contributed by atoms with E-state index in [1.54, 1.807) is 17.9 Å². The van der Waals surface area contributed by atoms with Gasteiger partial charge in [-0.05, 0) is 32.8 Å². The van der Waals surface area contributed by atoms with Gasteiger partial charge in [-0.3, -0.25) is 14.5 Å². The quantitative estimate of drug-likeness (QED) is 0.851. The zero-order valence-electron chi connectivity index (χ0n) is 15.8. The second-order valence-electron chi connectivity index (χ2n) is 7.16. The number of ether oxygens (including phenoxy) is 1. The molecule has 1 N–H and O–H groups in total. The van der Waals surface area contributed by atoms with Gasteiger partial charge in [0.25, 0.3) is 5.91 Å². The van der Waals surface area contributed by atoms with Crippen molar-refractivity contribution >= 4 is 11.8 Å². The molecule has 7 heteroatoms. The molecule has 0 aromatic carbocycles. The molecule has 2 saturated heterocycles. The summed E-state index contributed by atoms with van der Waals surface area (Å²) in [5, 5.41) is 3.04. The molecule has 144 valence electrons. The topological polar surface area (TPSA) is 75.0 Å². The second kappa shape index (κ2) is 8.68. The predicted octanol–water partition coefficient (Wildman–Crippen LogP) is 1.20. The van der Waals surface area contributed by atoms with Gasteiger partial charge in [-0.1, -0.05) is 0 Å². The Morgan fingerprint density at radius 3 is 2.69 bits per heavy atom. The van der Waals surface area contributed by atoms with Crippen LogP contribution in [-0.4, -0.2) is 74.1 Å². The van der Waals surface area contributed by atoms with Crippen molar-refractivity contribution < 1.29 is 18.7 Å². The Morgan fingerprint density at radius 2 is 2.00 bits per heavy atom. The molecule has 3 rings (SSSR count). The van der Waals surface area contributed by atoms with Gasteiger partial charge in [0.05, 0.1) is 24.7 Å². The highest BCUT2D eigenvalue weighted by molar-refractivity contribution is 5.95. The molecule has 2 aliphatic heterocycles. The summed E-state index contributed by atoms with van der Waals surface area (Å²) >= 11 is 0. The minimum absolute atomic E-state index is 0.0369. The van der Waals surface area contributed by atoms with Gasteiger partial charge in [0.1, 0.15) is 11.5 Å². The average molecular weight is 363 g/mol. The Kier molecular flexibility index (Phi) is 6.32. The van der Waals surface area contributed by atoms with Gasteiger partial charge in [0.2, 0.25) is 5.91 Å². The Hall–Kier alpha value is -1.86. The third kappa shape index (κ3) is 4.65. The predicted molar refractivity (Wildman–Crippen MR) is 97.1 cm³/mol. The van der Waals surface area contributed by atoms with Crippen molar-refractivity contribution in [2.75, 3.05) is 52.5 Å². The first-order chi connectivity index (χ1) is 12.5. The minimum Gasteiger partial charge on any atom is -0.466 e. The van der Waals surface area contributed by atoms with Crippen molar-refractivity contribution in [3.63, 3.8) is 0 Å². The van der Waals surface area contributed by atoms with E-state index in [0.29, 0.717) is 31.0 Å². The van der Waals surface area contributed by atoms with E-state index >= 15 is 0 Å². The van der Waals surface area contributed by atoms with Crippen LogP contribution in [0.25, 0.3) is 0 Å². The van der Waals surface area contributed by atoms with Crippen LogP contribution in [0.15, 0.2) is 10.5 Å². The zero-order valence-corrected chi connectivity index (χ0v) is 15.8. The highest BCUT2D eigenvalue weighted by Crippen LogP contribution is 2.21. The number of piperidine rings is 1. The number of carbonyl (C=O) groups is 2. The minimum atomic E-state index is -0.134. The van der Waals surface area contributed by atoms with Gasteiger partial charge in [0, 0.05) is 39.3 Å². The maximum atomic E-state index is 12.7. The molecule has 1 atom stereocenters. The number of nitrogens with one attached hydrogen (secondary N) is 1. The summed E-state index contributed by atoms with van der Waals surface area (Å²) in [6, 6.07) is 1.78. The lowest BCUT2D eigenvalue weighted by molar-refractivity contribution is -0.126. The van der Waals surface area contributed by atoms with Gasteiger partial charge in [0.15, 0.2) is 0 Å². The molecule has 3 heterocycles. The number of likely N-dealkylation sites (tertiary alicyclic amines) is 1. The van der Waals surface area contributed by atoms with Crippen LogP contribution >= 0.6 is 0 Å². The van der Waals surface area contributed by atoms with Crippen molar-refractivity contribution in [1.82, 2.24) is 15.1 Å². The number of furan rings is 1. The summed E-state index contributed by atoms with van der Waals surface area (Å²) < 4.78 is 10.8. The number of nitrogens with zero attached hydrogens (tertiary/aromatic N) is 2. The number of aryl methyl sites for hydroxylation is 2.